The quantitative estimate of drug-likeness (QED) is 0.197. The van der Waals surface area contributed by atoms with Crippen LogP contribution in [0.5, 0.6) is 11.5 Å². The Labute approximate surface area is 187 Å². The van der Waals surface area contributed by atoms with Gasteiger partial charge in [0.15, 0.2) is 5.75 Å². The van der Waals surface area contributed by atoms with E-state index in [2.05, 4.69) is 34.3 Å². The standard InChI is InChI=1S/C26H38O5/c1-9-10-11-12-19-15-21-22(24(30-18(5)27)23(19)25(28)29-8)17(4)20(14-13-16(2)3)26(6,7)31-21/h15,17,20H,2,9-14H2,1,3-8H3/t17-,20-/m1/s1. The molecule has 2 atom stereocenters. The predicted octanol–water partition coefficient (Wildman–Crippen LogP) is 6.38. The second-order valence-corrected chi connectivity index (χ2v) is 9.29. The van der Waals surface area contributed by atoms with E-state index in [-0.39, 0.29) is 11.8 Å². The van der Waals surface area contributed by atoms with Gasteiger partial charge in [0.25, 0.3) is 0 Å². The van der Waals surface area contributed by atoms with Gasteiger partial charge in [-0.15, -0.1) is 6.58 Å². The Morgan fingerprint density at radius 1 is 1.23 bits per heavy atom. The maximum Gasteiger partial charge on any atom is 0.341 e. The van der Waals surface area contributed by atoms with Crippen molar-refractivity contribution in [2.75, 3.05) is 7.11 Å². The maximum absolute atomic E-state index is 12.8. The fourth-order valence-corrected chi connectivity index (χ4v) is 4.72. The zero-order valence-corrected chi connectivity index (χ0v) is 20.2. The first-order valence-corrected chi connectivity index (χ1v) is 11.3. The monoisotopic (exact) mass is 430 g/mol. The third kappa shape index (κ3) is 5.69. The van der Waals surface area contributed by atoms with E-state index in [0.717, 1.165) is 48.8 Å². The molecule has 5 heteroatoms. The predicted molar refractivity (Wildman–Crippen MR) is 123 cm³/mol. The summed E-state index contributed by atoms with van der Waals surface area (Å²) in [5.74, 6) is 0.240. The lowest BCUT2D eigenvalue weighted by molar-refractivity contribution is -0.132. The molecule has 1 aromatic carbocycles. The summed E-state index contributed by atoms with van der Waals surface area (Å²) in [6.45, 7) is 15.9. The Hall–Kier alpha value is -2.30. The molecule has 31 heavy (non-hydrogen) atoms. The van der Waals surface area contributed by atoms with E-state index in [0.29, 0.717) is 23.5 Å². The number of esters is 2. The van der Waals surface area contributed by atoms with Crippen LogP contribution in [0.1, 0.15) is 101 Å². The van der Waals surface area contributed by atoms with Gasteiger partial charge in [0, 0.05) is 18.4 Å². The number of hydrogen-bond donors (Lipinski definition) is 0. The molecule has 1 heterocycles. The summed E-state index contributed by atoms with van der Waals surface area (Å²) in [5, 5.41) is 0. The average molecular weight is 431 g/mol. The lowest BCUT2D eigenvalue weighted by Gasteiger charge is -2.45. The van der Waals surface area contributed by atoms with Crippen molar-refractivity contribution >= 4 is 11.9 Å². The van der Waals surface area contributed by atoms with Gasteiger partial charge in [0.2, 0.25) is 0 Å². The molecule has 2 rings (SSSR count). The maximum atomic E-state index is 12.8. The minimum atomic E-state index is -0.485. The van der Waals surface area contributed by atoms with Gasteiger partial charge in [0.05, 0.1) is 7.11 Å². The second kappa shape index (κ2) is 10.3. The SMILES string of the molecule is C=C(C)CC[C@@H]1[C@@H](C)c2c(cc(CCCCC)c(C(=O)OC)c2OC(C)=O)OC1(C)C. The van der Waals surface area contributed by atoms with Gasteiger partial charge in [0.1, 0.15) is 16.9 Å². The van der Waals surface area contributed by atoms with E-state index in [1.54, 1.807) is 0 Å². The van der Waals surface area contributed by atoms with Crippen molar-refractivity contribution in [3.05, 3.63) is 34.9 Å². The summed E-state index contributed by atoms with van der Waals surface area (Å²) in [6.07, 6.45) is 5.52. The summed E-state index contributed by atoms with van der Waals surface area (Å²) in [6, 6.07) is 1.96. The molecule has 0 unspecified atom stereocenters. The number of fused-ring (bicyclic) bond motifs is 1. The van der Waals surface area contributed by atoms with Crippen molar-refractivity contribution in [1.82, 2.24) is 0 Å². The molecule has 0 amide bonds. The summed E-state index contributed by atoms with van der Waals surface area (Å²) in [5.41, 5.74) is 2.65. The van der Waals surface area contributed by atoms with Crippen LogP contribution in [0.2, 0.25) is 0 Å². The van der Waals surface area contributed by atoms with E-state index in [1.165, 1.54) is 14.0 Å². The Balaban J connectivity index is 2.69. The van der Waals surface area contributed by atoms with Crippen LogP contribution in [0, 0.1) is 5.92 Å². The van der Waals surface area contributed by atoms with Gasteiger partial charge in [-0.25, -0.2) is 4.79 Å². The molecule has 5 nitrogen and oxygen atoms in total. The number of allylic oxidation sites excluding steroid dienone is 1. The number of hydrogen-bond acceptors (Lipinski definition) is 5. The van der Waals surface area contributed by atoms with E-state index in [4.69, 9.17) is 14.2 Å². The van der Waals surface area contributed by atoms with Crippen LogP contribution in [0.3, 0.4) is 0 Å². The Bertz CT molecular complexity index is 837. The summed E-state index contributed by atoms with van der Waals surface area (Å²) < 4.78 is 17.3. The van der Waals surface area contributed by atoms with Crippen LogP contribution in [0.4, 0.5) is 0 Å². The van der Waals surface area contributed by atoms with Crippen molar-refractivity contribution in [3.8, 4) is 11.5 Å². The molecular weight excluding hydrogens is 392 g/mol. The lowest BCUT2D eigenvalue weighted by Crippen LogP contribution is -2.44. The van der Waals surface area contributed by atoms with Crippen LogP contribution in [0.25, 0.3) is 0 Å². The minimum absolute atomic E-state index is 0.0283. The van der Waals surface area contributed by atoms with Crippen molar-refractivity contribution in [2.45, 2.75) is 91.6 Å². The number of benzene rings is 1. The van der Waals surface area contributed by atoms with Gasteiger partial charge in [-0.1, -0.05) is 32.3 Å². The molecule has 0 saturated carbocycles. The van der Waals surface area contributed by atoms with Gasteiger partial charge < -0.3 is 14.2 Å². The van der Waals surface area contributed by atoms with Gasteiger partial charge in [-0.05, 0) is 64.0 Å². The molecule has 0 aromatic heterocycles. The van der Waals surface area contributed by atoms with Crippen LogP contribution in [-0.4, -0.2) is 24.6 Å². The van der Waals surface area contributed by atoms with Crippen LogP contribution in [0.15, 0.2) is 18.2 Å². The zero-order chi connectivity index (χ0) is 23.3. The number of carbonyl (C=O) groups excluding carboxylic acids is 2. The molecule has 0 radical (unpaired) electrons. The number of unbranched alkanes of at least 4 members (excludes halogenated alkanes) is 2. The second-order valence-electron chi connectivity index (χ2n) is 9.29. The first-order chi connectivity index (χ1) is 14.5. The molecule has 0 bridgehead atoms. The lowest BCUT2D eigenvalue weighted by atomic mass is 9.71. The number of aryl methyl sites for hydroxylation is 1. The Morgan fingerprint density at radius 3 is 2.45 bits per heavy atom. The fourth-order valence-electron chi connectivity index (χ4n) is 4.72. The van der Waals surface area contributed by atoms with Crippen molar-refractivity contribution in [2.24, 2.45) is 5.92 Å². The van der Waals surface area contributed by atoms with Crippen molar-refractivity contribution in [3.63, 3.8) is 0 Å². The summed E-state index contributed by atoms with van der Waals surface area (Å²) in [7, 11) is 1.36. The Kier molecular flexibility index (Phi) is 8.33. The molecular formula is C26H38O5. The number of carbonyl (C=O) groups is 2. The first-order valence-electron chi connectivity index (χ1n) is 11.3. The highest BCUT2D eigenvalue weighted by atomic mass is 16.5. The van der Waals surface area contributed by atoms with Gasteiger partial charge in [-0.3, -0.25) is 4.79 Å². The molecule has 0 N–H and O–H groups in total. The van der Waals surface area contributed by atoms with Crippen molar-refractivity contribution < 1.29 is 23.8 Å². The summed E-state index contributed by atoms with van der Waals surface area (Å²) in [4.78, 5) is 24.9. The molecule has 1 aliphatic heterocycles. The van der Waals surface area contributed by atoms with Crippen LogP contribution < -0.4 is 9.47 Å². The highest BCUT2D eigenvalue weighted by Crippen LogP contribution is 2.52. The molecule has 0 fully saturated rings. The topological polar surface area (TPSA) is 61.8 Å². The Morgan fingerprint density at radius 2 is 1.90 bits per heavy atom. The van der Waals surface area contributed by atoms with E-state index < -0.39 is 17.5 Å². The smallest absolute Gasteiger partial charge is 0.341 e. The first kappa shape index (κ1) is 25.0. The molecule has 0 spiro atoms. The van der Waals surface area contributed by atoms with E-state index in [9.17, 15) is 9.59 Å². The highest BCUT2D eigenvalue weighted by Gasteiger charge is 2.44. The normalized spacial score (nSPS) is 19.2. The average Bonchev–Trinajstić information content (AvgIpc) is 2.65. The van der Waals surface area contributed by atoms with Crippen LogP contribution >= 0.6 is 0 Å². The molecule has 172 valence electrons. The van der Waals surface area contributed by atoms with Crippen molar-refractivity contribution in [1.29, 1.82) is 0 Å². The highest BCUT2D eigenvalue weighted by molar-refractivity contribution is 5.96. The largest absolute Gasteiger partial charge is 0.487 e. The number of methoxy groups -OCH3 is 1. The third-order valence-corrected chi connectivity index (χ3v) is 6.26. The van der Waals surface area contributed by atoms with Crippen LogP contribution in [-0.2, 0) is 16.0 Å². The fraction of sp³-hybridized carbons (Fsp3) is 0.615. The zero-order valence-electron chi connectivity index (χ0n) is 20.2. The third-order valence-electron chi connectivity index (χ3n) is 6.26. The van der Waals surface area contributed by atoms with E-state index >= 15 is 0 Å². The minimum Gasteiger partial charge on any atom is -0.487 e. The number of ether oxygens (including phenoxy) is 3. The van der Waals surface area contributed by atoms with E-state index in [1.807, 2.05) is 13.0 Å². The van der Waals surface area contributed by atoms with Gasteiger partial charge in [-0.2, -0.15) is 0 Å². The summed E-state index contributed by atoms with van der Waals surface area (Å²) >= 11 is 0. The molecule has 1 aromatic rings. The molecule has 0 aliphatic carbocycles. The molecule has 1 aliphatic rings. The van der Waals surface area contributed by atoms with Gasteiger partial charge >= 0.3 is 11.9 Å². The number of rotatable bonds is 9. The molecule has 0 saturated heterocycles.